The second-order valence-electron chi connectivity index (χ2n) is 18.8. The van der Waals surface area contributed by atoms with Gasteiger partial charge in [-0.1, -0.05) is 224 Å². The molecule has 0 fully saturated rings. The molecule has 10 aromatic carbocycles. The van der Waals surface area contributed by atoms with Gasteiger partial charge in [0.15, 0.2) is 0 Å². The van der Waals surface area contributed by atoms with Gasteiger partial charge in [0, 0.05) is 27.5 Å². The summed E-state index contributed by atoms with van der Waals surface area (Å²) in [6, 6.07) is 91.7. The van der Waals surface area contributed by atoms with Crippen LogP contribution in [-0.2, 0) is 10.8 Å². The molecule has 0 unspecified atom stereocenters. The minimum Gasteiger partial charge on any atom is -0.455 e. The second-order valence-corrected chi connectivity index (χ2v) is 18.8. The van der Waals surface area contributed by atoms with E-state index in [0.717, 1.165) is 66.7 Å². The SMILES string of the molecule is c1ccc(-c2cc(-c3ccc(-c4ccc5c(c4)-c4c(ccc6c4oc4ccccc46)C54c5ccccc5C5(c6ccccc6-c6ccccc65)c5ccccc54)cc3)cc(-c3ccccc3)n2)cc1. The van der Waals surface area contributed by atoms with E-state index in [4.69, 9.17) is 9.40 Å². The Balaban J connectivity index is 0.955. The molecule has 2 heteroatoms. The fourth-order valence-corrected chi connectivity index (χ4v) is 12.8. The van der Waals surface area contributed by atoms with E-state index in [-0.39, 0.29) is 0 Å². The minimum atomic E-state index is -0.626. The molecule has 2 heterocycles. The maximum absolute atomic E-state index is 7.04. The number of hydrogen-bond donors (Lipinski definition) is 0. The number of rotatable bonds is 4. The van der Waals surface area contributed by atoms with Crippen LogP contribution < -0.4 is 0 Å². The zero-order valence-electron chi connectivity index (χ0n) is 37.5. The molecular weight excluding hydrogens is 835 g/mol. The van der Waals surface area contributed by atoms with Crippen LogP contribution in [0.15, 0.2) is 253 Å². The van der Waals surface area contributed by atoms with Gasteiger partial charge in [-0.05, 0) is 108 Å². The molecule has 2 nitrogen and oxygen atoms in total. The Morgan fingerprint density at radius 2 is 0.710 bits per heavy atom. The van der Waals surface area contributed by atoms with Gasteiger partial charge in [0.05, 0.1) is 22.2 Å². The Morgan fingerprint density at radius 3 is 1.29 bits per heavy atom. The van der Waals surface area contributed by atoms with Crippen LogP contribution in [0.1, 0.15) is 44.5 Å². The molecule has 0 radical (unpaired) electrons. The molecule has 3 aliphatic carbocycles. The zero-order valence-corrected chi connectivity index (χ0v) is 37.5. The highest BCUT2D eigenvalue weighted by atomic mass is 16.3. The number of para-hydroxylation sites is 1. The molecule has 69 heavy (non-hydrogen) atoms. The van der Waals surface area contributed by atoms with Crippen LogP contribution in [0, 0.1) is 0 Å². The highest BCUT2D eigenvalue weighted by molar-refractivity contribution is 6.13. The van der Waals surface area contributed by atoms with Gasteiger partial charge >= 0.3 is 0 Å². The molecule has 0 amide bonds. The third-order valence-electron chi connectivity index (χ3n) is 15.6. The van der Waals surface area contributed by atoms with Crippen molar-refractivity contribution in [2.45, 2.75) is 10.8 Å². The van der Waals surface area contributed by atoms with Crippen LogP contribution in [0.25, 0.3) is 89.0 Å². The van der Waals surface area contributed by atoms with Crippen LogP contribution in [-0.4, -0.2) is 4.98 Å². The molecule has 12 aromatic rings. The monoisotopic (exact) mass is 875 g/mol. The number of hydrogen-bond acceptors (Lipinski definition) is 2. The first-order valence-electron chi connectivity index (χ1n) is 23.9. The quantitative estimate of drug-likeness (QED) is 0.176. The standard InChI is InChI=1S/C67H41NO/c1-3-17-44(18-4-1)61-40-47(41-62(68-61)45-19-5-2-6-20-45)43-33-31-42(32-34-43)46-35-37-55-52(39-46)64-60(38-36-51-50-23-9-16-30-63(50)69-65(51)64)67(55)58-28-14-12-26-56(58)66(57-27-13-15-29-59(57)67)53-24-10-7-21-48(53)49-22-8-11-25-54(49)66/h1-41H. The van der Waals surface area contributed by atoms with Crippen LogP contribution in [0.2, 0.25) is 0 Å². The van der Waals surface area contributed by atoms with Crippen molar-refractivity contribution in [1.29, 1.82) is 0 Å². The minimum absolute atomic E-state index is 0.502. The van der Waals surface area contributed by atoms with Crippen molar-refractivity contribution in [3.63, 3.8) is 0 Å². The Bertz CT molecular complexity index is 3910. The van der Waals surface area contributed by atoms with Crippen molar-refractivity contribution in [3.05, 3.63) is 293 Å². The van der Waals surface area contributed by atoms with Gasteiger partial charge in [0.1, 0.15) is 11.2 Å². The summed E-state index contributed by atoms with van der Waals surface area (Å²) in [5.41, 5.74) is 24.9. The van der Waals surface area contributed by atoms with Crippen molar-refractivity contribution in [1.82, 2.24) is 4.98 Å². The third-order valence-corrected chi connectivity index (χ3v) is 15.6. The maximum atomic E-state index is 7.04. The molecule has 0 saturated heterocycles. The van der Waals surface area contributed by atoms with E-state index in [1.807, 2.05) is 0 Å². The molecule has 0 bridgehead atoms. The number of nitrogens with zero attached hydrogens (tertiary/aromatic N) is 1. The first kappa shape index (κ1) is 38.3. The van der Waals surface area contributed by atoms with Crippen molar-refractivity contribution >= 4 is 21.9 Å². The largest absolute Gasteiger partial charge is 0.455 e. The summed E-state index contributed by atoms with van der Waals surface area (Å²) in [6.45, 7) is 0. The Kier molecular flexibility index (Phi) is 7.95. The third kappa shape index (κ3) is 5.13. The maximum Gasteiger partial charge on any atom is 0.143 e. The lowest BCUT2D eigenvalue weighted by Crippen LogP contribution is -2.43. The van der Waals surface area contributed by atoms with Gasteiger partial charge < -0.3 is 4.42 Å². The lowest BCUT2D eigenvalue weighted by atomic mass is 9.52. The molecule has 15 rings (SSSR count). The summed E-state index contributed by atoms with van der Waals surface area (Å²) in [5.74, 6) is 0. The summed E-state index contributed by atoms with van der Waals surface area (Å²) < 4.78 is 7.04. The predicted octanol–water partition coefficient (Wildman–Crippen LogP) is 16.7. The molecule has 0 saturated carbocycles. The molecular formula is C67H41NO. The van der Waals surface area contributed by atoms with E-state index in [9.17, 15) is 0 Å². The molecule has 0 N–H and O–H groups in total. The lowest BCUT2D eigenvalue weighted by Gasteiger charge is -2.48. The Labute approximate surface area is 400 Å². The van der Waals surface area contributed by atoms with Crippen molar-refractivity contribution in [2.24, 2.45) is 0 Å². The van der Waals surface area contributed by atoms with E-state index in [1.165, 1.54) is 66.8 Å². The molecule has 3 aliphatic rings. The van der Waals surface area contributed by atoms with Crippen LogP contribution >= 0.6 is 0 Å². The fraction of sp³-hybridized carbons (Fsp3) is 0.0299. The van der Waals surface area contributed by atoms with Gasteiger partial charge in [0.25, 0.3) is 0 Å². The van der Waals surface area contributed by atoms with Gasteiger partial charge in [-0.15, -0.1) is 0 Å². The van der Waals surface area contributed by atoms with Crippen molar-refractivity contribution < 1.29 is 4.42 Å². The second kappa shape index (κ2) is 14.3. The van der Waals surface area contributed by atoms with E-state index in [2.05, 4.69) is 249 Å². The van der Waals surface area contributed by atoms with Gasteiger partial charge in [-0.25, -0.2) is 4.98 Å². The van der Waals surface area contributed by atoms with Crippen LogP contribution in [0.4, 0.5) is 0 Å². The summed E-state index contributed by atoms with van der Waals surface area (Å²) in [7, 11) is 0. The van der Waals surface area contributed by atoms with Crippen LogP contribution in [0.5, 0.6) is 0 Å². The first-order chi connectivity index (χ1) is 34.2. The summed E-state index contributed by atoms with van der Waals surface area (Å²) in [6.07, 6.45) is 0. The smallest absolute Gasteiger partial charge is 0.143 e. The topological polar surface area (TPSA) is 26.0 Å². The van der Waals surface area contributed by atoms with E-state index < -0.39 is 10.8 Å². The van der Waals surface area contributed by atoms with Crippen LogP contribution in [0.3, 0.4) is 0 Å². The van der Waals surface area contributed by atoms with Gasteiger partial charge in [-0.3, -0.25) is 0 Å². The number of pyridine rings is 1. The Morgan fingerprint density at radius 1 is 0.275 bits per heavy atom. The zero-order chi connectivity index (χ0) is 45.3. The molecule has 2 spiro atoms. The average Bonchev–Trinajstić information content (AvgIpc) is 4.06. The highest BCUT2D eigenvalue weighted by Crippen LogP contribution is 2.68. The number of benzene rings is 10. The van der Waals surface area contributed by atoms with Crippen molar-refractivity contribution in [3.8, 4) is 67.0 Å². The average molecular weight is 876 g/mol. The van der Waals surface area contributed by atoms with Gasteiger partial charge in [0.2, 0.25) is 0 Å². The summed E-state index contributed by atoms with van der Waals surface area (Å²) >= 11 is 0. The van der Waals surface area contributed by atoms with Crippen molar-refractivity contribution in [2.75, 3.05) is 0 Å². The van der Waals surface area contributed by atoms with E-state index >= 15 is 0 Å². The van der Waals surface area contributed by atoms with Gasteiger partial charge in [-0.2, -0.15) is 0 Å². The molecule has 2 aromatic heterocycles. The lowest BCUT2D eigenvalue weighted by molar-refractivity contribution is 0.631. The fourth-order valence-electron chi connectivity index (χ4n) is 12.8. The number of aromatic nitrogens is 1. The summed E-state index contributed by atoms with van der Waals surface area (Å²) in [4.78, 5) is 5.15. The normalized spacial score (nSPS) is 14.0. The van der Waals surface area contributed by atoms with E-state index in [1.54, 1.807) is 0 Å². The molecule has 320 valence electrons. The number of fused-ring (bicyclic) bond motifs is 20. The highest BCUT2D eigenvalue weighted by Gasteiger charge is 2.59. The number of furan rings is 1. The first-order valence-corrected chi connectivity index (χ1v) is 23.9. The molecule has 0 aliphatic heterocycles. The van der Waals surface area contributed by atoms with E-state index in [0.29, 0.717) is 0 Å². The molecule has 0 atom stereocenters. The predicted molar refractivity (Wildman–Crippen MR) is 281 cm³/mol. The summed E-state index contributed by atoms with van der Waals surface area (Å²) in [5, 5.41) is 2.27. The Hall–Kier alpha value is -8.85.